The molecule has 0 bridgehead atoms. The Balaban J connectivity index is 2.00. The maximum absolute atomic E-state index is 12.4. The van der Waals surface area contributed by atoms with Crippen molar-refractivity contribution < 1.29 is 4.74 Å². The molecular formula is C14H17NO2S. The lowest BCUT2D eigenvalue weighted by molar-refractivity contribution is -0.00652. The van der Waals surface area contributed by atoms with Gasteiger partial charge in [-0.1, -0.05) is 13.8 Å². The number of hydrogen-bond acceptors (Lipinski definition) is 3. The molecule has 0 aromatic carbocycles. The van der Waals surface area contributed by atoms with Crippen molar-refractivity contribution in [2.45, 2.75) is 39.0 Å². The van der Waals surface area contributed by atoms with E-state index in [-0.39, 0.29) is 17.9 Å². The SMILES string of the molecule is CC[C@H]1O[C@@H](n2ccc3ccsc3c2=O)C[C@H]1C. The van der Waals surface area contributed by atoms with Crippen molar-refractivity contribution in [3.63, 3.8) is 0 Å². The molecule has 0 amide bonds. The van der Waals surface area contributed by atoms with Gasteiger partial charge in [-0.25, -0.2) is 0 Å². The van der Waals surface area contributed by atoms with Crippen LogP contribution in [0.3, 0.4) is 0 Å². The largest absolute Gasteiger partial charge is 0.354 e. The van der Waals surface area contributed by atoms with Crippen LogP contribution in [-0.4, -0.2) is 10.7 Å². The second-order valence-electron chi connectivity index (χ2n) is 4.98. The van der Waals surface area contributed by atoms with E-state index in [1.54, 1.807) is 4.57 Å². The van der Waals surface area contributed by atoms with Crippen LogP contribution in [0.1, 0.15) is 32.9 Å². The van der Waals surface area contributed by atoms with Crippen LogP contribution < -0.4 is 5.56 Å². The first-order valence-electron chi connectivity index (χ1n) is 6.44. The minimum absolute atomic E-state index is 0.0800. The number of thiophene rings is 1. The van der Waals surface area contributed by atoms with Crippen LogP contribution in [0.2, 0.25) is 0 Å². The highest BCUT2D eigenvalue weighted by atomic mass is 32.1. The Labute approximate surface area is 110 Å². The summed E-state index contributed by atoms with van der Waals surface area (Å²) in [6, 6.07) is 3.99. The Morgan fingerprint density at radius 2 is 2.33 bits per heavy atom. The molecular weight excluding hydrogens is 246 g/mol. The Morgan fingerprint density at radius 1 is 1.50 bits per heavy atom. The summed E-state index contributed by atoms with van der Waals surface area (Å²) in [5, 5.41) is 2.99. The Kier molecular flexibility index (Phi) is 2.99. The first-order valence-corrected chi connectivity index (χ1v) is 7.32. The Morgan fingerprint density at radius 3 is 3.06 bits per heavy atom. The number of ether oxygens (including phenoxy) is 1. The number of nitrogens with zero attached hydrogens (tertiary/aromatic N) is 1. The van der Waals surface area contributed by atoms with Gasteiger partial charge in [0.2, 0.25) is 0 Å². The lowest BCUT2D eigenvalue weighted by Gasteiger charge is -2.15. The molecule has 3 nitrogen and oxygen atoms in total. The molecule has 1 saturated heterocycles. The molecule has 2 aromatic heterocycles. The molecule has 3 heterocycles. The van der Waals surface area contributed by atoms with Gasteiger partial charge in [-0.2, -0.15) is 0 Å². The molecule has 0 unspecified atom stereocenters. The van der Waals surface area contributed by atoms with Gasteiger partial charge in [0.15, 0.2) is 0 Å². The van der Waals surface area contributed by atoms with Crippen LogP contribution in [0.5, 0.6) is 0 Å². The van der Waals surface area contributed by atoms with E-state index in [4.69, 9.17) is 4.74 Å². The third-order valence-electron chi connectivity index (χ3n) is 3.79. The van der Waals surface area contributed by atoms with Crippen LogP contribution in [-0.2, 0) is 4.74 Å². The molecule has 18 heavy (non-hydrogen) atoms. The molecule has 0 aliphatic carbocycles. The summed E-state index contributed by atoms with van der Waals surface area (Å²) in [6.07, 6.45) is 3.99. The van der Waals surface area contributed by atoms with E-state index in [0.717, 1.165) is 22.9 Å². The van der Waals surface area contributed by atoms with Gasteiger partial charge in [-0.05, 0) is 41.7 Å². The summed E-state index contributed by atoms with van der Waals surface area (Å²) >= 11 is 1.51. The van der Waals surface area contributed by atoms with Crippen LogP contribution in [0.4, 0.5) is 0 Å². The summed E-state index contributed by atoms with van der Waals surface area (Å²) in [5.74, 6) is 0.519. The first-order chi connectivity index (χ1) is 8.70. The van der Waals surface area contributed by atoms with Gasteiger partial charge in [0, 0.05) is 6.20 Å². The van der Waals surface area contributed by atoms with Gasteiger partial charge in [-0.3, -0.25) is 9.36 Å². The molecule has 1 aliphatic rings. The van der Waals surface area contributed by atoms with Crippen LogP contribution in [0, 0.1) is 5.92 Å². The Hall–Kier alpha value is -1.13. The maximum Gasteiger partial charge on any atom is 0.270 e. The predicted octanol–water partition coefficient (Wildman–Crippen LogP) is 3.40. The zero-order valence-corrected chi connectivity index (χ0v) is 11.4. The van der Waals surface area contributed by atoms with Gasteiger partial charge in [-0.15, -0.1) is 11.3 Å². The number of rotatable bonds is 2. The zero-order valence-electron chi connectivity index (χ0n) is 10.6. The summed E-state index contributed by atoms with van der Waals surface area (Å²) in [4.78, 5) is 12.4. The van der Waals surface area contributed by atoms with Gasteiger partial charge in [0.05, 0.1) is 10.8 Å². The lowest BCUT2D eigenvalue weighted by Crippen LogP contribution is -2.23. The van der Waals surface area contributed by atoms with Gasteiger partial charge in [0.1, 0.15) is 6.23 Å². The molecule has 0 N–H and O–H groups in total. The van der Waals surface area contributed by atoms with Gasteiger partial charge in [0.25, 0.3) is 5.56 Å². The minimum Gasteiger partial charge on any atom is -0.354 e. The normalized spacial score (nSPS) is 28.0. The standard InChI is InChI=1S/C14H17NO2S/c1-3-11-9(2)8-12(17-11)15-6-4-10-5-7-18-13(10)14(15)16/h4-7,9,11-12H,3,8H2,1-2H3/t9-,11-,12-/m1/s1. The smallest absolute Gasteiger partial charge is 0.270 e. The fraction of sp³-hybridized carbons (Fsp3) is 0.500. The molecule has 0 radical (unpaired) electrons. The fourth-order valence-corrected chi connectivity index (χ4v) is 3.56. The van der Waals surface area contributed by atoms with E-state index in [9.17, 15) is 4.79 Å². The van der Waals surface area contributed by atoms with Crippen LogP contribution >= 0.6 is 11.3 Å². The van der Waals surface area contributed by atoms with E-state index in [1.165, 1.54) is 11.3 Å². The highest BCUT2D eigenvalue weighted by molar-refractivity contribution is 7.17. The van der Waals surface area contributed by atoms with Crippen molar-refractivity contribution >= 4 is 21.4 Å². The van der Waals surface area contributed by atoms with Gasteiger partial charge >= 0.3 is 0 Å². The van der Waals surface area contributed by atoms with Crippen molar-refractivity contribution in [2.24, 2.45) is 5.92 Å². The summed E-state index contributed by atoms with van der Waals surface area (Å²) in [7, 11) is 0. The quantitative estimate of drug-likeness (QED) is 0.831. The number of pyridine rings is 1. The first kappa shape index (κ1) is 11.9. The second-order valence-corrected chi connectivity index (χ2v) is 5.90. The summed E-state index contributed by atoms with van der Waals surface area (Å²) < 4.78 is 8.57. The minimum atomic E-state index is -0.0936. The fourth-order valence-electron chi connectivity index (χ4n) is 2.74. The molecule has 3 atom stereocenters. The highest BCUT2D eigenvalue weighted by Gasteiger charge is 2.32. The summed E-state index contributed by atoms with van der Waals surface area (Å²) in [5.41, 5.74) is 0.0800. The van der Waals surface area contributed by atoms with Crippen molar-refractivity contribution in [3.8, 4) is 0 Å². The van der Waals surface area contributed by atoms with Crippen molar-refractivity contribution in [1.82, 2.24) is 4.57 Å². The highest BCUT2D eigenvalue weighted by Crippen LogP contribution is 2.34. The molecule has 4 heteroatoms. The van der Waals surface area contributed by atoms with E-state index >= 15 is 0 Å². The monoisotopic (exact) mass is 263 g/mol. The zero-order chi connectivity index (χ0) is 12.7. The molecule has 3 rings (SSSR count). The third kappa shape index (κ3) is 1.80. The third-order valence-corrected chi connectivity index (χ3v) is 4.71. The van der Waals surface area contributed by atoms with Crippen molar-refractivity contribution in [1.29, 1.82) is 0 Å². The number of aromatic nitrogens is 1. The molecule has 0 spiro atoms. The maximum atomic E-state index is 12.4. The average molecular weight is 263 g/mol. The van der Waals surface area contributed by atoms with E-state index < -0.39 is 0 Å². The average Bonchev–Trinajstić information content (AvgIpc) is 2.96. The molecule has 96 valence electrons. The topological polar surface area (TPSA) is 31.2 Å². The van der Waals surface area contributed by atoms with Gasteiger partial charge < -0.3 is 4.74 Å². The van der Waals surface area contributed by atoms with E-state index in [0.29, 0.717) is 5.92 Å². The van der Waals surface area contributed by atoms with Crippen LogP contribution in [0.15, 0.2) is 28.5 Å². The van der Waals surface area contributed by atoms with Crippen molar-refractivity contribution in [3.05, 3.63) is 34.1 Å². The lowest BCUT2D eigenvalue weighted by atomic mass is 10.0. The molecule has 2 aromatic rings. The second kappa shape index (κ2) is 4.52. The summed E-state index contributed by atoms with van der Waals surface area (Å²) in [6.45, 7) is 4.33. The van der Waals surface area contributed by atoms with Crippen LogP contribution in [0.25, 0.3) is 10.1 Å². The predicted molar refractivity (Wildman–Crippen MR) is 74.1 cm³/mol. The van der Waals surface area contributed by atoms with E-state index in [2.05, 4.69) is 13.8 Å². The van der Waals surface area contributed by atoms with Crippen molar-refractivity contribution in [2.75, 3.05) is 0 Å². The Bertz CT molecular complexity index is 616. The molecule has 1 fully saturated rings. The number of fused-ring (bicyclic) bond motifs is 1. The number of hydrogen-bond donors (Lipinski definition) is 0. The molecule has 0 saturated carbocycles. The molecule has 1 aliphatic heterocycles. The van der Waals surface area contributed by atoms with E-state index in [1.807, 2.05) is 23.7 Å².